The molecule has 3 aromatic rings. The van der Waals surface area contributed by atoms with E-state index in [1.807, 2.05) is 0 Å². The summed E-state index contributed by atoms with van der Waals surface area (Å²) < 4.78 is 24.5. The second-order valence-corrected chi connectivity index (χ2v) is 8.50. The van der Waals surface area contributed by atoms with Crippen LogP contribution in [-0.2, 0) is 9.84 Å². The molecular weight excluding hydrogens is 366 g/mol. The summed E-state index contributed by atoms with van der Waals surface area (Å²) in [6.45, 7) is 0. The first-order valence-corrected chi connectivity index (χ1v) is 10.3. The van der Waals surface area contributed by atoms with E-state index in [1.54, 1.807) is 36.4 Å². The lowest BCUT2D eigenvalue weighted by molar-refractivity contribution is 0.0951. The number of sulfone groups is 1. The van der Waals surface area contributed by atoms with Crippen LogP contribution in [0.1, 0.15) is 23.2 Å². The zero-order valence-corrected chi connectivity index (χ0v) is 15.3. The van der Waals surface area contributed by atoms with Gasteiger partial charge in [0.15, 0.2) is 9.84 Å². The number of carbonyl (C=O) groups excluding carboxylic acids is 1. The molecule has 2 N–H and O–H groups in total. The van der Waals surface area contributed by atoms with Gasteiger partial charge in [0.2, 0.25) is 5.82 Å². The number of rotatable bonds is 5. The van der Waals surface area contributed by atoms with Crippen LogP contribution in [0.3, 0.4) is 0 Å². The van der Waals surface area contributed by atoms with Gasteiger partial charge in [0, 0.05) is 23.4 Å². The predicted octanol–water partition coefficient (Wildman–Crippen LogP) is 1.83. The number of aromatic amines is 1. The number of amides is 1. The summed E-state index contributed by atoms with van der Waals surface area (Å²) in [5.41, 5.74) is 2.34. The van der Waals surface area contributed by atoms with Gasteiger partial charge in [-0.05, 0) is 47.4 Å². The fraction of sp³-hybridized carbons (Fsp3) is 0.222. The molecule has 2 aromatic carbocycles. The van der Waals surface area contributed by atoms with Crippen LogP contribution in [0.25, 0.3) is 22.5 Å². The average Bonchev–Trinajstić information content (AvgIpc) is 3.30. The lowest BCUT2D eigenvalue weighted by atomic mass is 9.98. The number of hydrogen-bond donors (Lipinski definition) is 2. The SMILES string of the molecule is CS(=O)(=O)c1cccc(-c2ccc(C(=O)NC3CC3)cc2)c1-c1nn[nH]n1. The molecule has 27 heavy (non-hydrogen) atoms. The molecule has 0 spiro atoms. The molecule has 138 valence electrons. The van der Waals surface area contributed by atoms with Crippen molar-refractivity contribution in [2.45, 2.75) is 23.8 Å². The third-order valence-corrected chi connectivity index (χ3v) is 5.50. The van der Waals surface area contributed by atoms with Crippen molar-refractivity contribution in [3.63, 3.8) is 0 Å². The highest BCUT2D eigenvalue weighted by molar-refractivity contribution is 7.90. The van der Waals surface area contributed by atoms with Gasteiger partial charge >= 0.3 is 0 Å². The lowest BCUT2D eigenvalue weighted by Gasteiger charge is -2.12. The Balaban J connectivity index is 1.78. The monoisotopic (exact) mass is 383 g/mol. The molecule has 1 aliphatic rings. The molecule has 1 amide bonds. The molecule has 9 heteroatoms. The van der Waals surface area contributed by atoms with Gasteiger partial charge < -0.3 is 5.32 Å². The molecule has 1 aromatic heterocycles. The topological polar surface area (TPSA) is 118 Å². The van der Waals surface area contributed by atoms with Crippen LogP contribution < -0.4 is 5.32 Å². The number of hydrogen-bond acceptors (Lipinski definition) is 6. The van der Waals surface area contributed by atoms with Gasteiger partial charge in [-0.25, -0.2) is 8.42 Å². The fourth-order valence-electron chi connectivity index (χ4n) is 2.88. The standard InChI is InChI=1S/C18H17N5O3S/c1-27(25,26)15-4-2-3-14(16(15)17-20-22-23-21-17)11-5-7-12(8-6-11)18(24)19-13-9-10-13/h2-8,13H,9-10H2,1H3,(H,19,24)(H,20,21,22,23). The van der Waals surface area contributed by atoms with Gasteiger partial charge in [0.1, 0.15) is 0 Å². The molecule has 1 saturated carbocycles. The van der Waals surface area contributed by atoms with E-state index < -0.39 is 9.84 Å². The summed E-state index contributed by atoms with van der Waals surface area (Å²) in [4.78, 5) is 12.3. The lowest BCUT2D eigenvalue weighted by Crippen LogP contribution is -2.25. The van der Waals surface area contributed by atoms with Crippen molar-refractivity contribution in [3.05, 3.63) is 48.0 Å². The molecule has 0 aliphatic heterocycles. The maximum Gasteiger partial charge on any atom is 0.251 e. The Morgan fingerprint density at radius 2 is 1.89 bits per heavy atom. The highest BCUT2D eigenvalue weighted by Crippen LogP contribution is 2.35. The summed E-state index contributed by atoms with van der Waals surface area (Å²) in [7, 11) is -3.50. The molecule has 0 saturated heterocycles. The fourth-order valence-corrected chi connectivity index (χ4v) is 3.77. The van der Waals surface area contributed by atoms with Crippen LogP contribution >= 0.6 is 0 Å². The molecule has 1 heterocycles. The molecule has 0 unspecified atom stereocenters. The van der Waals surface area contributed by atoms with E-state index in [1.165, 1.54) is 6.07 Å². The first-order chi connectivity index (χ1) is 12.9. The molecule has 4 rings (SSSR count). The second-order valence-electron chi connectivity index (χ2n) is 6.51. The Bertz CT molecular complexity index is 1090. The van der Waals surface area contributed by atoms with Gasteiger partial charge in [-0.3, -0.25) is 4.79 Å². The summed E-state index contributed by atoms with van der Waals surface area (Å²) in [6.07, 6.45) is 3.19. The maximum atomic E-state index is 12.2. The van der Waals surface area contributed by atoms with E-state index >= 15 is 0 Å². The quantitative estimate of drug-likeness (QED) is 0.694. The van der Waals surface area contributed by atoms with Gasteiger partial charge in [-0.1, -0.05) is 24.3 Å². The Labute approximate surface area is 155 Å². The van der Waals surface area contributed by atoms with Crippen LogP contribution in [0.5, 0.6) is 0 Å². The van der Waals surface area contributed by atoms with Gasteiger partial charge in [0.25, 0.3) is 5.91 Å². The van der Waals surface area contributed by atoms with Crippen molar-refractivity contribution in [2.75, 3.05) is 6.26 Å². The normalized spacial score (nSPS) is 14.1. The Hall–Kier alpha value is -3.07. The number of aromatic nitrogens is 4. The van der Waals surface area contributed by atoms with Crippen LogP contribution in [-0.4, -0.2) is 47.2 Å². The van der Waals surface area contributed by atoms with Crippen molar-refractivity contribution in [2.24, 2.45) is 0 Å². The predicted molar refractivity (Wildman–Crippen MR) is 98.6 cm³/mol. The second kappa shape index (κ2) is 6.58. The molecule has 8 nitrogen and oxygen atoms in total. The van der Waals surface area contributed by atoms with Gasteiger partial charge in [-0.2, -0.15) is 5.21 Å². The number of carbonyl (C=O) groups is 1. The van der Waals surface area contributed by atoms with E-state index in [0.29, 0.717) is 16.7 Å². The Morgan fingerprint density at radius 3 is 2.48 bits per heavy atom. The van der Waals surface area contributed by atoms with Crippen LogP contribution in [0.15, 0.2) is 47.4 Å². The minimum atomic E-state index is -3.50. The number of H-pyrrole nitrogens is 1. The zero-order valence-electron chi connectivity index (χ0n) is 14.5. The van der Waals surface area contributed by atoms with Gasteiger partial charge in [-0.15, -0.1) is 10.2 Å². The largest absolute Gasteiger partial charge is 0.349 e. The van der Waals surface area contributed by atoms with E-state index in [4.69, 9.17) is 0 Å². The highest BCUT2D eigenvalue weighted by Gasteiger charge is 2.24. The summed E-state index contributed by atoms with van der Waals surface area (Å²) in [5, 5.41) is 16.8. The number of nitrogens with one attached hydrogen (secondary N) is 2. The van der Waals surface area contributed by atoms with E-state index in [-0.39, 0.29) is 22.7 Å². The Morgan fingerprint density at radius 1 is 1.15 bits per heavy atom. The first-order valence-electron chi connectivity index (χ1n) is 8.41. The van der Waals surface area contributed by atoms with Crippen molar-refractivity contribution in [1.29, 1.82) is 0 Å². The molecular formula is C18H17N5O3S. The summed E-state index contributed by atoms with van der Waals surface area (Å²) in [6, 6.07) is 12.3. The average molecular weight is 383 g/mol. The molecule has 1 fully saturated rings. The summed E-state index contributed by atoms with van der Waals surface area (Å²) >= 11 is 0. The molecule has 0 atom stereocenters. The first kappa shape index (κ1) is 17.3. The Kier molecular flexibility index (Phi) is 4.23. The smallest absolute Gasteiger partial charge is 0.251 e. The number of nitrogens with zero attached hydrogens (tertiary/aromatic N) is 3. The van der Waals surface area contributed by atoms with Crippen molar-refractivity contribution in [3.8, 4) is 22.5 Å². The van der Waals surface area contributed by atoms with Crippen molar-refractivity contribution in [1.82, 2.24) is 25.9 Å². The van der Waals surface area contributed by atoms with Crippen LogP contribution in [0, 0.1) is 0 Å². The molecule has 1 aliphatic carbocycles. The van der Waals surface area contributed by atoms with Crippen LogP contribution in [0.2, 0.25) is 0 Å². The van der Waals surface area contributed by atoms with E-state index in [0.717, 1.165) is 24.7 Å². The van der Waals surface area contributed by atoms with Crippen molar-refractivity contribution < 1.29 is 13.2 Å². The maximum absolute atomic E-state index is 12.2. The van der Waals surface area contributed by atoms with Crippen LogP contribution in [0.4, 0.5) is 0 Å². The molecule has 0 bridgehead atoms. The third kappa shape index (κ3) is 3.59. The zero-order chi connectivity index (χ0) is 19.0. The van der Waals surface area contributed by atoms with Crippen molar-refractivity contribution >= 4 is 15.7 Å². The number of tetrazole rings is 1. The molecule has 0 radical (unpaired) electrons. The third-order valence-electron chi connectivity index (χ3n) is 4.37. The van der Waals surface area contributed by atoms with Gasteiger partial charge in [0.05, 0.1) is 4.90 Å². The minimum absolute atomic E-state index is 0.104. The summed E-state index contributed by atoms with van der Waals surface area (Å²) in [5.74, 6) is 0.0916. The van der Waals surface area contributed by atoms with E-state index in [2.05, 4.69) is 25.9 Å². The minimum Gasteiger partial charge on any atom is -0.349 e. The van der Waals surface area contributed by atoms with E-state index in [9.17, 15) is 13.2 Å². The number of benzene rings is 2. The highest BCUT2D eigenvalue weighted by atomic mass is 32.2.